The molecule has 160 valence electrons. The van der Waals surface area contributed by atoms with Gasteiger partial charge in [0, 0.05) is 6.00 Å². The number of carbonyl (C=O) groups excluding carboxylic acids is 1. The molecular formula is C18H26BClNO7P. The molecule has 2 radical (unpaired) electrons. The normalized spacial score (nSPS) is 30.0. The molecule has 8 nitrogen and oxygen atoms in total. The third-order valence-corrected chi connectivity index (χ3v) is 6.32. The van der Waals surface area contributed by atoms with Crippen molar-refractivity contribution in [3.63, 3.8) is 0 Å². The van der Waals surface area contributed by atoms with Crippen molar-refractivity contribution in [3.8, 4) is 5.75 Å². The fraction of sp³-hybridized carbons (Fsp3) is 0.611. The number of hydrogen-bond acceptors (Lipinski definition) is 7. The zero-order valence-corrected chi connectivity index (χ0v) is 18.4. The number of nitrogens with one attached hydrogen (secondary N) is 1. The highest BCUT2D eigenvalue weighted by Gasteiger charge is 2.54. The van der Waals surface area contributed by atoms with Gasteiger partial charge in [0.2, 0.25) is 0 Å². The van der Waals surface area contributed by atoms with Crippen LogP contribution in [0.25, 0.3) is 0 Å². The van der Waals surface area contributed by atoms with Crippen LogP contribution < -0.4 is 9.61 Å². The molecule has 0 bridgehead atoms. The number of aliphatic hydroxyl groups is 1. The van der Waals surface area contributed by atoms with Crippen LogP contribution in [0.4, 0.5) is 0 Å². The first kappa shape index (κ1) is 24.2. The molecule has 2 N–H and O–H groups in total. The number of para-hydroxylation sites is 1. The summed E-state index contributed by atoms with van der Waals surface area (Å²) >= 11 is 6.45. The molecule has 1 unspecified atom stereocenters. The Morgan fingerprint density at radius 3 is 2.55 bits per heavy atom. The number of halogens is 1. The molecule has 0 amide bonds. The highest BCUT2D eigenvalue weighted by atomic mass is 35.5. The zero-order valence-electron chi connectivity index (χ0n) is 16.8. The van der Waals surface area contributed by atoms with Gasteiger partial charge >= 0.3 is 13.7 Å². The minimum absolute atomic E-state index is 0.243. The van der Waals surface area contributed by atoms with Crippen molar-refractivity contribution in [2.75, 3.05) is 6.61 Å². The fourth-order valence-corrected chi connectivity index (χ4v) is 4.79. The summed E-state index contributed by atoms with van der Waals surface area (Å²) in [7, 11) is 1.69. The van der Waals surface area contributed by atoms with Crippen LogP contribution >= 0.6 is 19.3 Å². The van der Waals surface area contributed by atoms with Gasteiger partial charge in [0.15, 0.2) is 0 Å². The van der Waals surface area contributed by atoms with Crippen LogP contribution in [0, 0.1) is 0 Å². The largest absolute Gasteiger partial charge is 0.462 e. The van der Waals surface area contributed by atoms with Crippen LogP contribution in [0.2, 0.25) is 0 Å². The Balaban J connectivity index is 2.29. The Labute approximate surface area is 177 Å². The molecule has 2 rings (SSSR count). The number of esters is 1. The van der Waals surface area contributed by atoms with Crippen molar-refractivity contribution >= 4 is 33.2 Å². The molecule has 1 aliphatic rings. The highest BCUT2D eigenvalue weighted by Crippen LogP contribution is 2.51. The van der Waals surface area contributed by atoms with E-state index < -0.39 is 49.4 Å². The van der Waals surface area contributed by atoms with E-state index in [1.54, 1.807) is 51.1 Å². The lowest BCUT2D eigenvalue weighted by molar-refractivity contribution is -0.149. The van der Waals surface area contributed by atoms with E-state index in [4.69, 9.17) is 38.0 Å². The molecule has 1 aromatic carbocycles. The van der Waals surface area contributed by atoms with Crippen molar-refractivity contribution in [1.29, 1.82) is 0 Å². The summed E-state index contributed by atoms with van der Waals surface area (Å²) in [4.78, 5) is 10.9. The average molecular weight is 446 g/mol. The molecule has 11 heteroatoms. The van der Waals surface area contributed by atoms with Gasteiger partial charge in [0.1, 0.15) is 31.8 Å². The molecule has 0 aromatic heterocycles. The lowest BCUT2D eigenvalue weighted by Gasteiger charge is -2.32. The highest BCUT2D eigenvalue weighted by molar-refractivity contribution is 7.52. The van der Waals surface area contributed by atoms with Crippen molar-refractivity contribution in [2.24, 2.45) is 0 Å². The van der Waals surface area contributed by atoms with E-state index in [1.165, 1.54) is 6.92 Å². The van der Waals surface area contributed by atoms with Crippen LogP contribution in [-0.4, -0.2) is 60.8 Å². The number of ether oxygens (including phenoxy) is 2. The molecule has 1 saturated heterocycles. The van der Waals surface area contributed by atoms with Crippen LogP contribution in [0.3, 0.4) is 0 Å². The topological polar surface area (TPSA) is 103 Å². The maximum Gasteiger partial charge on any atom is 0.459 e. The van der Waals surface area contributed by atoms with Gasteiger partial charge in [0.05, 0.1) is 17.6 Å². The quantitative estimate of drug-likeness (QED) is 0.258. The van der Waals surface area contributed by atoms with Crippen LogP contribution in [0.15, 0.2) is 30.3 Å². The summed E-state index contributed by atoms with van der Waals surface area (Å²) in [6, 6.07) is 6.30. The molecule has 29 heavy (non-hydrogen) atoms. The van der Waals surface area contributed by atoms with Gasteiger partial charge in [-0.3, -0.25) is 9.32 Å². The van der Waals surface area contributed by atoms with E-state index in [-0.39, 0.29) is 11.9 Å². The van der Waals surface area contributed by atoms with Crippen molar-refractivity contribution in [3.05, 3.63) is 30.3 Å². The van der Waals surface area contributed by atoms with Gasteiger partial charge in [0.25, 0.3) is 0 Å². The first-order valence-corrected chi connectivity index (χ1v) is 11.1. The van der Waals surface area contributed by atoms with Gasteiger partial charge in [-0.15, -0.1) is 11.6 Å². The smallest absolute Gasteiger partial charge is 0.459 e. The summed E-state index contributed by atoms with van der Waals surface area (Å²) in [5.74, 6) is -0.389. The second-order valence-electron chi connectivity index (χ2n) is 7.19. The second kappa shape index (κ2) is 9.81. The number of carbonyl (C=O) groups is 1. The Hall–Kier alpha value is -1.09. The van der Waals surface area contributed by atoms with Crippen molar-refractivity contribution < 1.29 is 33.0 Å². The molecule has 0 saturated carbocycles. The van der Waals surface area contributed by atoms with Crippen molar-refractivity contribution in [2.45, 2.75) is 62.9 Å². The third kappa shape index (κ3) is 6.20. The summed E-state index contributed by atoms with van der Waals surface area (Å²) in [5.41, 5.74) is 0. The summed E-state index contributed by atoms with van der Waals surface area (Å²) in [6.07, 6.45) is -2.37. The van der Waals surface area contributed by atoms with E-state index in [9.17, 15) is 14.5 Å². The molecule has 1 aromatic rings. The fourth-order valence-electron chi connectivity index (χ4n) is 2.70. The van der Waals surface area contributed by atoms with Gasteiger partial charge in [-0.1, -0.05) is 18.2 Å². The molecule has 1 heterocycles. The molecule has 1 aliphatic heterocycles. The van der Waals surface area contributed by atoms with E-state index in [0.29, 0.717) is 0 Å². The maximum absolute atomic E-state index is 13.6. The van der Waals surface area contributed by atoms with E-state index in [2.05, 4.69) is 5.09 Å². The van der Waals surface area contributed by atoms with E-state index in [0.717, 1.165) is 0 Å². The maximum atomic E-state index is 13.6. The number of benzene rings is 1. The minimum Gasteiger partial charge on any atom is -0.462 e. The summed E-state index contributed by atoms with van der Waals surface area (Å²) in [5, 5.41) is 12.2. The Kier molecular flexibility index (Phi) is 8.19. The molecule has 6 atom stereocenters. The number of aliphatic hydroxyl groups excluding tert-OH is 1. The standard InChI is InChI=1S/C18H26BClNO7P/c1-11(2)25-16(23)12(3)21-29(24,27-13-8-6-5-7-9-13)28-15-14(10-22)26-17(19)18(15,4)20/h5-9,11-12,14-15,17,22H,10H2,1-4H3,(H,21,24)/t12-,14-,15-,17-,18-,29?/m1/s1. The van der Waals surface area contributed by atoms with E-state index in [1.807, 2.05) is 0 Å². The Bertz CT molecular complexity index is 736. The predicted molar refractivity (Wildman–Crippen MR) is 109 cm³/mol. The van der Waals surface area contributed by atoms with Gasteiger partial charge in [-0.25, -0.2) is 4.57 Å². The first-order valence-electron chi connectivity index (χ1n) is 9.20. The monoisotopic (exact) mass is 445 g/mol. The third-order valence-electron chi connectivity index (χ3n) is 4.23. The first-order chi connectivity index (χ1) is 13.5. The molecular weight excluding hydrogens is 419 g/mol. The molecule has 0 aliphatic carbocycles. The number of hydrogen-bond donors (Lipinski definition) is 2. The molecule has 1 fully saturated rings. The number of rotatable bonds is 9. The van der Waals surface area contributed by atoms with Crippen molar-refractivity contribution in [1.82, 2.24) is 5.09 Å². The number of alkyl halides is 1. The lowest BCUT2D eigenvalue weighted by Crippen LogP contribution is -2.45. The second-order valence-corrected chi connectivity index (χ2v) is 9.65. The van der Waals surface area contributed by atoms with Gasteiger partial charge < -0.3 is 19.1 Å². The summed E-state index contributed by atoms with van der Waals surface area (Å²) in [6.45, 7) is 5.95. The van der Waals surface area contributed by atoms with E-state index >= 15 is 0 Å². The molecule has 0 spiro atoms. The minimum atomic E-state index is -4.18. The SMILES string of the molecule is [B][C@@H]1O[C@H](CO)[C@@H](OP(=O)(N[C@H](C)C(=O)OC(C)C)Oc2ccccc2)[C@@]1(C)Cl. The van der Waals surface area contributed by atoms with Gasteiger partial charge in [-0.2, -0.15) is 5.09 Å². The lowest BCUT2D eigenvalue weighted by atomic mass is 9.85. The van der Waals surface area contributed by atoms with Crippen LogP contribution in [0.5, 0.6) is 5.75 Å². The predicted octanol–water partition coefficient (Wildman–Crippen LogP) is 2.37. The van der Waals surface area contributed by atoms with Crippen LogP contribution in [-0.2, 0) is 23.4 Å². The Morgan fingerprint density at radius 2 is 2.00 bits per heavy atom. The average Bonchev–Trinajstić information content (AvgIpc) is 2.84. The zero-order chi connectivity index (χ0) is 21.8. The van der Waals surface area contributed by atoms with Crippen LogP contribution in [0.1, 0.15) is 27.7 Å². The Morgan fingerprint density at radius 1 is 1.38 bits per heavy atom. The summed E-state index contributed by atoms with van der Waals surface area (Å²) < 4.78 is 35.5. The van der Waals surface area contributed by atoms with Gasteiger partial charge in [-0.05, 0) is 39.8 Å².